The fraction of sp³-hybridized carbons (Fsp3) is 0.444. The Labute approximate surface area is 156 Å². The average Bonchev–Trinajstić information content (AvgIpc) is 3.03. The number of nitrogens with one attached hydrogen (secondary N) is 1. The molecule has 1 atom stereocenters. The maximum atomic E-state index is 12.4. The molecular formula is C18H21ClN2O5. The Bertz CT molecular complexity index is 719. The van der Waals surface area contributed by atoms with Crippen LogP contribution < -0.4 is 5.32 Å². The van der Waals surface area contributed by atoms with E-state index in [2.05, 4.69) is 5.32 Å². The number of halogens is 1. The summed E-state index contributed by atoms with van der Waals surface area (Å²) in [7, 11) is 0. The van der Waals surface area contributed by atoms with Gasteiger partial charge in [-0.25, -0.2) is 4.79 Å². The lowest BCUT2D eigenvalue weighted by Gasteiger charge is -2.21. The van der Waals surface area contributed by atoms with Gasteiger partial charge in [0.05, 0.1) is 10.6 Å². The summed E-state index contributed by atoms with van der Waals surface area (Å²) in [5.41, 5.74) is 0.242. The van der Waals surface area contributed by atoms with Gasteiger partial charge in [0.15, 0.2) is 6.61 Å². The van der Waals surface area contributed by atoms with Crippen molar-refractivity contribution in [3.63, 3.8) is 0 Å². The summed E-state index contributed by atoms with van der Waals surface area (Å²) in [6.07, 6.45) is 0.934. The van der Waals surface area contributed by atoms with Crippen molar-refractivity contribution < 1.29 is 23.9 Å². The van der Waals surface area contributed by atoms with E-state index < -0.39 is 30.4 Å². The predicted octanol–water partition coefficient (Wildman–Crippen LogP) is 1.79. The highest BCUT2D eigenvalue weighted by Gasteiger charge is 2.30. The number of likely N-dealkylation sites (tertiary alicyclic amines) is 1. The number of ether oxygens (including phenoxy) is 1. The van der Waals surface area contributed by atoms with Gasteiger partial charge in [-0.05, 0) is 24.5 Å². The van der Waals surface area contributed by atoms with Crippen LogP contribution in [-0.2, 0) is 19.1 Å². The summed E-state index contributed by atoms with van der Waals surface area (Å²) in [5.74, 6) is -2.33. The number of benzene rings is 1. The first kappa shape index (κ1) is 19.9. The molecule has 1 aromatic carbocycles. The topological polar surface area (TPSA) is 92.8 Å². The van der Waals surface area contributed by atoms with Crippen LogP contribution in [0.15, 0.2) is 24.3 Å². The molecule has 26 heavy (non-hydrogen) atoms. The zero-order valence-corrected chi connectivity index (χ0v) is 15.4. The molecule has 1 fully saturated rings. The lowest BCUT2D eigenvalue weighted by atomic mass is 10.0. The smallest absolute Gasteiger partial charge is 0.329 e. The Kier molecular flexibility index (Phi) is 6.74. The summed E-state index contributed by atoms with van der Waals surface area (Å²) < 4.78 is 5.02. The van der Waals surface area contributed by atoms with Crippen molar-refractivity contribution in [2.75, 3.05) is 13.2 Å². The molecule has 1 heterocycles. The van der Waals surface area contributed by atoms with Gasteiger partial charge in [-0.2, -0.15) is 0 Å². The Morgan fingerprint density at radius 2 is 1.96 bits per heavy atom. The average molecular weight is 381 g/mol. The van der Waals surface area contributed by atoms with Gasteiger partial charge in [0.25, 0.3) is 11.8 Å². The standard InChI is InChI=1S/C18H21ClN2O5/c1-11(2)16(20-17(24)12-6-3-4-7-13(12)19)18(25)26-10-15(23)21-9-5-8-14(21)22/h3-4,6-7,11,16H,5,8-10H2,1-2H3,(H,20,24)/t16-/m0/s1. The van der Waals surface area contributed by atoms with Crippen molar-refractivity contribution in [3.8, 4) is 0 Å². The monoisotopic (exact) mass is 380 g/mol. The first-order chi connectivity index (χ1) is 12.3. The van der Waals surface area contributed by atoms with E-state index in [4.69, 9.17) is 16.3 Å². The van der Waals surface area contributed by atoms with E-state index in [1.165, 1.54) is 0 Å². The van der Waals surface area contributed by atoms with E-state index in [9.17, 15) is 19.2 Å². The van der Waals surface area contributed by atoms with Crippen LogP contribution in [0.4, 0.5) is 0 Å². The Hall–Kier alpha value is -2.41. The molecule has 0 spiro atoms. The van der Waals surface area contributed by atoms with Crippen LogP contribution in [0.3, 0.4) is 0 Å². The van der Waals surface area contributed by atoms with Crippen LogP contribution in [-0.4, -0.2) is 47.8 Å². The van der Waals surface area contributed by atoms with Crippen molar-refractivity contribution in [2.24, 2.45) is 5.92 Å². The van der Waals surface area contributed by atoms with E-state index >= 15 is 0 Å². The van der Waals surface area contributed by atoms with Gasteiger partial charge in [-0.15, -0.1) is 0 Å². The molecule has 7 nitrogen and oxygen atoms in total. The summed E-state index contributed by atoms with van der Waals surface area (Å²) in [6.45, 7) is 3.29. The minimum Gasteiger partial charge on any atom is -0.454 e. The van der Waals surface area contributed by atoms with E-state index in [-0.39, 0.29) is 22.4 Å². The van der Waals surface area contributed by atoms with Gasteiger partial charge in [0.1, 0.15) is 6.04 Å². The van der Waals surface area contributed by atoms with E-state index in [0.717, 1.165) is 4.90 Å². The molecule has 1 aliphatic rings. The van der Waals surface area contributed by atoms with Crippen molar-refractivity contribution in [1.82, 2.24) is 10.2 Å². The summed E-state index contributed by atoms with van der Waals surface area (Å²) >= 11 is 5.99. The van der Waals surface area contributed by atoms with Crippen LogP contribution in [0.25, 0.3) is 0 Å². The van der Waals surface area contributed by atoms with Crippen LogP contribution in [0.1, 0.15) is 37.0 Å². The third-order valence-corrected chi connectivity index (χ3v) is 4.37. The Morgan fingerprint density at radius 3 is 2.54 bits per heavy atom. The largest absolute Gasteiger partial charge is 0.454 e. The van der Waals surface area contributed by atoms with Gasteiger partial charge in [-0.1, -0.05) is 37.6 Å². The molecule has 0 aromatic heterocycles. The summed E-state index contributed by atoms with van der Waals surface area (Å²) in [5, 5.41) is 2.85. The summed E-state index contributed by atoms with van der Waals surface area (Å²) in [6, 6.07) is 5.53. The second-order valence-corrected chi connectivity index (χ2v) is 6.73. The van der Waals surface area contributed by atoms with Crippen LogP contribution in [0.2, 0.25) is 5.02 Å². The summed E-state index contributed by atoms with van der Waals surface area (Å²) in [4.78, 5) is 49.2. The lowest BCUT2D eigenvalue weighted by Crippen LogP contribution is -2.46. The highest BCUT2D eigenvalue weighted by atomic mass is 35.5. The molecule has 8 heteroatoms. The minimum atomic E-state index is -0.944. The van der Waals surface area contributed by atoms with Crippen molar-refractivity contribution >= 4 is 35.3 Å². The SMILES string of the molecule is CC(C)[C@H](NC(=O)c1ccccc1Cl)C(=O)OCC(=O)N1CCCC1=O. The normalized spacial score (nSPS) is 15.1. The molecule has 140 valence electrons. The fourth-order valence-electron chi connectivity index (χ4n) is 2.57. The first-order valence-electron chi connectivity index (χ1n) is 8.36. The lowest BCUT2D eigenvalue weighted by molar-refractivity contribution is -0.156. The maximum Gasteiger partial charge on any atom is 0.329 e. The second-order valence-electron chi connectivity index (χ2n) is 6.33. The number of carbonyl (C=O) groups excluding carboxylic acids is 4. The molecule has 2 rings (SSSR count). The van der Waals surface area contributed by atoms with Crippen LogP contribution in [0, 0.1) is 5.92 Å². The zero-order valence-electron chi connectivity index (χ0n) is 14.7. The highest BCUT2D eigenvalue weighted by Crippen LogP contribution is 2.16. The van der Waals surface area contributed by atoms with Crippen LogP contribution >= 0.6 is 11.6 Å². The quantitative estimate of drug-likeness (QED) is 0.759. The number of rotatable bonds is 6. The first-order valence-corrected chi connectivity index (χ1v) is 8.74. The van der Waals surface area contributed by atoms with Gasteiger partial charge in [0, 0.05) is 13.0 Å². The van der Waals surface area contributed by atoms with E-state index in [0.29, 0.717) is 19.4 Å². The Morgan fingerprint density at radius 1 is 1.27 bits per heavy atom. The molecule has 0 radical (unpaired) electrons. The highest BCUT2D eigenvalue weighted by molar-refractivity contribution is 6.33. The van der Waals surface area contributed by atoms with Crippen molar-refractivity contribution in [2.45, 2.75) is 32.7 Å². The van der Waals surface area contributed by atoms with Gasteiger partial charge in [-0.3, -0.25) is 19.3 Å². The number of nitrogens with zero attached hydrogens (tertiary/aromatic N) is 1. The minimum absolute atomic E-state index is 0.242. The van der Waals surface area contributed by atoms with E-state index in [1.54, 1.807) is 38.1 Å². The molecule has 1 N–H and O–H groups in total. The molecular weight excluding hydrogens is 360 g/mol. The fourth-order valence-corrected chi connectivity index (χ4v) is 2.80. The molecule has 1 saturated heterocycles. The molecule has 1 aromatic rings. The number of hydrogen-bond donors (Lipinski definition) is 1. The van der Waals surface area contributed by atoms with E-state index in [1.807, 2.05) is 0 Å². The molecule has 1 aliphatic heterocycles. The molecule has 0 bridgehead atoms. The third kappa shape index (κ3) is 4.82. The van der Waals surface area contributed by atoms with Gasteiger partial charge in [0.2, 0.25) is 5.91 Å². The third-order valence-electron chi connectivity index (χ3n) is 4.04. The molecule has 0 aliphatic carbocycles. The van der Waals surface area contributed by atoms with Crippen molar-refractivity contribution in [1.29, 1.82) is 0 Å². The molecule has 0 saturated carbocycles. The molecule has 3 amide bonds. The number of hydrogen-bond acceptors (Lipinski definition) is 5. The molecule has 0 unspecified atom stereocenters. The van der Waals surface area contributed by atoms with Gasteiger partial charge < -0.3 is 10.1 Å². The maximum absolute atomic E-state index is 12.4. The van der Waals surface area contributed by atoms with Crippen LogP contribution in [0.5, 0.6) is 0 Å². The number of amides is 3. The number of imide groups is 1. The second kappa shape index (κ2) is 8.80. The zero-order chi connectivity index (χ0) is 19.3. The number of carbonyl (C=O) groups is 4. The predicted molar refractivity (Wildman–Crippen MR) is 94.5 cm³/mol. The van der Waals surface area contributed by atoms with Gasteiger partial charge >= 0.3 is 5.97 Å². The number of esters is 1. The Balaban J connectivity index is 1.97. The van der Waals surface area contributed by atoms with Crippen molar-refractivity contribution in [3.05, 3.63) is 34.9 Å².